The van der Waals surface area contributed by atoms with Crippen LogP contribution in [0.2, 0.25) is 0 Å². The van der Waals surface area contributed by atoms with Crippen molar-refractivity contribution in [2.75, 3.05) is 13.7 Å². The first-order valence-electron chi connectivity index (χ1n) is 9.89. The molecule has 30 heavy (non-hydrogen) atoms. The molecule has 0 bridgehead atoms. The molecule has 1 aliphatic rings. The van der Waals surface area contributed by atoms with Crippen LogP contribution in [0.25, 0.3) is 0 Å². The van der Waals surface area contributed by atoms with Crippen LogP contribution in [-0.4, -0.2) is 35.8 Å². The molecule has 0 amide bonds. The van der Waals surface area contributed by atoms with E-state index in [0.29, 0.717) is 6.61 Å². The summed E-state index contributed by atoms with van der Waals surface area (Å²) in [7, 11) is 1.70. The van der Waals surface area contributed by atoms with Crippen LogP contribution in [0.15, 0.2) is 36.5 Å². The second kappa shape index (κ2) is 11.6. The van der Waals surface area contributed by atoms with Crippen molar-refractivity contribution in [2.45, 2.75) is 58.0 Å². The topological polar surface area (TPSA) is 62.6 Å². The molecule has 1 aromatic carbocycles. The molecule has 1 aliphatic carbocycles. The normalized spacial score (nSPS) is 14.6. The summed E-state index contributed by atoms with van der Waals surface area (Å²) in [5.74, 6) is -1.61. The zero-order valence-corrected chi connectivity index (χ0v) is 17.2. The van der Waals surface area contributed by atoms with Crippen LogP contribution in [-0.2, 0) is 16.1 Å². The number of hydrogen-bond acceptors (Lipinski definition) is 5. The first-order valence-corrected chi connectivity index (χ1v) is 9.89. The number of carbonyl (C=O) groups is 1. The molecule has 0 atom stereocenters. The highest BCUT2D eigenvalue weighted by Gasteiger charge is 2.35. The summed E-state index contributed by atoms with van der Waals surface area (Å²) >= 11 is 0. The Labute approximate surface area is 173 Å². The molecule has 1 saturated carbocycles. The van der Waals surface area contributed by atoms with Crippen LogP contribution in [0.1, 0.15) is 61.0 Å². The van der Waals surface area contributed by atoms with Gasteiger partial charge in [0.1, 0.15) is 5.56 Å². The number of hydrogen-bond donors (Lipinski definition) is 0. The van der Waals surface area contributed by atoms with Crippen molar-refractivity contribution in [1.82, 2.24) is 9.78 Å². The maximum absolute atomic E-state index is 12.4. The quantitative estimate of drug-likeness (QED) is 0.585. The molecule has 0 radical (unpaired) electrons. The number of nitrogens with zero attached hydrogens (tertiary/aromatic N) is 2. The number of esters is 1. The van der Waals surface area contributed by atoms with Gasteiger partial charge in [0, 0.05) is 13.3 Å². The van der Waals surface area contributed by atoms with Gasteiger partial charge < -0.3 is 14.2 Å². The molecule has 0 spiro atoms. The zero-order chi connectivity index (χ0) is 22.0. The van der Waals surface area contributed by atoms with Crippen molar-refractivity contribution >= 4 is 5.97 Å². The van der Waals surface area contributed by atoms with E-state index in [4.69, 9.17) is 9.47 Å². The van der Waals surface area contributed by atoms with E-state index < -0.39 is 18.2 Å². The largest absolute Gasteiger partial charge is 0.574 e. The Bertz CT molecular complexity index is 772. The van der Waals surface area contributed by atoms with Crippen molar-refractivity contribution in [1.29, 1.82) is 0 Å². The highest BCUT2D eigenvalue weighted by molar-refractivity contribution is 5.91. The highest BCUT2D eigenvalue weighted by Crippen LogP contribution is 2.31. The molecule has 0 saturated heterocycles. The molecule has 6 nitrogen and oxygen atoms in total. The number of aromatic nitrogens is 2. The van der Waals surface area contributed by atoms with Gasteiger partial charge in [0.2, 0.25) is 0 Å². The van der Waals surface area contributed by atoms with Crippen molar-refractivity contribution in [2.24, 2.45) is 0 Å². The van der Waals surface area contributed by atoms with E-state index in [1.165, 1.54) is 16.4 Å². The molecule has 0 aliphatic heterocycles. The number of alkyl halides is 3. The van der Waals surface area contributed by atoms with Crippen molar-refractivity contribution in [3.05, 3.63) is 47.7 Å². The predicted molar refractivity (Wildman–Crippen MR) is 104 cm³/mol. The number of methoxy groups -OCH3 is 1. The van der Waals surface area contributed by atoms with E-state index in [9.17, 15) is 18.0 Å². The lowest BCUT2D eigenvalue weighted by molar-refractivity contribution is -0.276. The summed E-state index contributed by atoms with van der Waals surface area (Å²) in [6.45, 7) is 2.35. The molecule has 2 aromatic rings. The Kier molecular flexibility index (Phi) is 9.16. The fourth-order valence-corrected chi connectivity index (χ4v) is 3.18. The van der Waals surface area contributed by atoms with E-state index in [2.05, 4.69) is 9.84 Å². The maximum Gasteiger partial charge on any atom is 0.574 e. The van der Waals surface area contributed by atoms with Crippen molar-refractivity contribution in [3.8, 4) is 5.88 Å². The van der Waals surface area contributed by atoms with Gasteiger partial charge in [-0.3, -0.25) is 4.68 Å². The molecule has 0 N–H and O–H groups in total. The van der Waals surface area contributed by atoms with Gasteiger partial charge in [-0.2, -0.15) is 0 Å². The van der Waals surface area contributed by atoms with Gasteiger partial charge in [-0.15, -0.1) is 18.3 Å². The van der Waals surface area contributed by atoms with E-state index in [0.717, 1.165) is 32.1 Å². The van der Waals surface area contributed by atoms with Gasteiger partial charge in [0.05, 0.1) is 19.3 Å². The lowest BCUT2D eigenvalue weighted by Crippen LogP contribution is -2.19. The van der Waals surface area contributed by atoms with E-state index in [1.807, 2.05) is 30.3 Å². The minimum absolute atomic E-state index is 0.00231. The van der Waals surface area contributed by atoms with Gasteiger partial charge in [-0.1, -0.05) is 49.6 Å². The second-order valence-corrected chi connectivity index (χ2v) is 6.81. The summed E-state index contributed by atoms with van der Waals surface area (Å²) in [6.07, 6.45) is 1.14. The first kappa shape index (κ1) is 23.7. The molecule has 3 rings (SSSR count). The van der Waals surface area contributed by atoms with Crippen LogP contribution in [0.5, 0.6) is 5.88 Å². The third kappa shape index (κ3) is 7.70. The summed E-state index contributed by atoms with van der Waals surface area (Å²) < 4.78 is 52.1. The predicted octanol–water partition coefficient (Wildman–Crippen LogP) is 5.30. The van der Waals surface area contributed by atoms with Crippen molar-refractivity contribution in [3.63, 3.8) is 0 Å². The zero-order valence-electron chi connectivity index (χ0n) is 17.2. The smallest absolute Gasteiger partial charge is 0.462 e. The van der Waals surface area contributed by atoms with Gasteiger partial charge >= 0.3 is 12.3 Å². The number of benzene rings is 1. The molecule has 1 fully saturated rings. The number of halogens is 3. The van der Waals surface area contributed by atoms with Crippen molar-refractivity contribution < 1.29 is 32.2 Å². The Morgan fingerprint density at radius 1 is 1.17 bits per heavy atom. The summed E-state index contributed by atoms with van der Waals surface area (Å²) in [5, 5.41) is 3.80. The van der Waals surface area contributed by atoms with Crippen LogP contribution < -0.4 is 4.74 Å². The standard InChI is InChI=1S/C13H17F3N2O3.C8H10O/c1-2-20-12(19)10-8-18(9-6-4-3-5-7-9)17-11(10)21-13(14,15)16;1-9-7-8-5-3-2-4-6-8/h8-9H,2-7H2,1H3;2-6H,7H2,1H3. The minimum atomic E-state index is -4.90. The average molecular weight is 428 g/mol. The molecular weight excluding hydrogens is 401 g/mol. The van der Waals surface area contributed by atoms with Gasteiger partial charge in [0.25, 0.3) is 5.88 Å². The number of ether oxygens (including phenoxy) is 3. The van der Waals surface area contributed by atoms with E-state index >= 15 is 0 Å². The van der Waals surface area contributed by atoms with Crippen LogP contribution >= 0.6 is 0 Å². The van der Waals surface area contributed by atoms with Crippen LogP contribution in [0.3, 0.4) is 0 Å². The Morgan fingerprint density at radius 3 is 2.40 bits per heavy atom. The molecule has 1 aromatic heterocycles. The minimum Gasteiger partial charge on any atom is -0.462 e. The van der Waals surface area contributed by atoms with Crippen LogP contribution in [0.4, 0.5) is 13.2 Å². The average Bonchev–Trinajstić information content (AvgIpc) is 3.13. The van der Waals surface area contributed by atoms with E-state index in [1.54, 1.807) is 14.0 Å². The summed E-state index contributed by atoms with van der Waals surface area (Å²) in [5.41, 5.74) is 0.930. The third-order valence-corrected chi connectivity index (χ3v) is 4.51. The molecule has 9 heteroatoms. The highest BCUT2D eigenvalue weighted by atomic mass is 19.4. The first-order chi connectivity index (χ1) is 14.3. The molecule has 1 heterocycles. The molecular formula is C21H27F3N2O4. The van der Waals surface area contributed by atoms with E-state index in [-0.39, 0.29) is 18.2 Å². The Hall–Kier alpha value is -2.55. The SMILES string of the molecule is CCOC(=O)c1cn(C2CCCCC2)nc1OC(F)(F)F.COCc1ccccc1. The lowest BCUT2D eigenvalue weighted by atomic mass is 9.96. The fourth-order valence-electron chi connectivity index (χ4n) is 3.18. The fraction of sp³-hybridized carbons (Fsp3) is 0.524. The third-order valence-electron chi connectivity index (χ3n) is 4.51. The second-order valence-electron chi connectivity index (χ2n) is 6.81. The molecule has 0 unspecified atom stereocenters. The lowest BCUT2D eigenvalue weighted by Gasteiger charge is -2.21. The monoisotopic (exact) mass is 428 g/mol. The van der Waals surface area contributed by atoms with Gasteiger partial charge in [-0.25, -0.2) is 4.79 Å². The Balaban J connectivity index is 0.000000297. The summed E-state index contributed by atoms with van der Waals surface area (Å²) in [6, 6.07) is 10.1. The Morgan fingerprint density at radius 2 is 1.83 bits per heavy atom. The van der Waals surface area contributed by atoms with Gasteiger partial charge in [0.15, 0.2) is 0 Å². The number of rotatable bonds is 6. The summed E-state index contributed by atoms with van der Waals surface area (Å²) in [4.78, 5) is 11.7. The molecule has 166 valence electrons. The van der Waals surface area contributed by atoms with Crippen LogP contribution in [0, 0.1) is 0 Å². The maximum atomic E-state index is 12.4. The van der Waals surface area contributed by atoms with Gasteiger partial charge in [-0.05, 0) is 25.3 Å². The number of carbonyl (C=O) groups excluding carboxylic acids is 1.